The van der Waals surface area contributed by atoms with Crippen molar-refractivity contribution in [3.63, 3.8) is 0 Å². The minimum atomic E-state index is -0.120. The van der Waals surface area contributed by atoms with E-state index in [1.807, 2.05) is 30.3 Å². The van der Waals surface area contributed by atoms with Gasteiger partial charge in [0.15, 0.2) is 0 Å². The van der Waals surface area contributed by atoms with Gasteiger partial charge in [-0.3, -0.25) is 9.69 Å². The summed E-state index contributed by atoms with van der Waals surface area (Å²) >= 11 is 5.87. The number of piperazine rings is 1. The molecule has 0 atom stereocenters. The van der Waals surface area contributed by atoms with Gasteiger partial charge in [-0.2, -0.15) is 0 Å². The second-order valence-electron chi connectivity index (χ2n) is 6.91. The summed E-state index contributed by atoms with van der Waals surface area (Å²) in [5.41, 5.74) is 2.26. The first-order valence-corrected chi connectivity index (χ1v) is 9.61. The van der Waals surface area contributed by atoms with Crippen LogP contribution in [0.2, 0.25) is 5.02 Å². The number of urea groups is 1. The fourth-order valence-corrected chi connectivity index (χ4v) is 3.52. The second-order valence-corrected chi connectivity index (χ2v) is 7.35. The standard InChI is InChI=1S/C21H21ClN4O2/c22-17-5-7-18(8-6-17)23-21(28)26-11-9-25(10-12-26)14-16-13-15-3-1-2-4-19(15)24-20(16)27/h1-8,13H,9-12,14H2,(H,23,28)(H,24,27). The van der Waals surface area contributed by atoms with E-state index in [1.54, 1.807) is 29.2 Å². The van der Waals surface area contributed by atoms with Crippen LogP contribution in [0.3, 0.4) is 0 Å². The number of aromatic amines is 1. The number of fused-ring (bicyclic) bond motifs is 1. The zero-order valence-corrected chi connectivity index (χ0v) is 16.1. The van der Waals surface area contributed by atoms with Crippen LogP contribution in [0.4, 0.5) is 10.5 Å². The maximum absolute atomic E-state index is 12.4. The van der Waals surface area contributed by atoms with Crippen molar-refractivity contribution in [1.29, 1.82) is 0 Å². The quantitative estimate of drug-likeness (QED) is 0.711. The molecule has 2 N–H and O–H groups in total. The number of aromatic nitrogens is 1. The zero-order chi connectivity index (χ0) is 19.5. The van der Waals surface area contributed by atoms with E-state index < -0.39 is 0 Å². The van der Waals surface area contributed by atoms with Gasteiger partial charge >= 0.3 is 6.03 Å². The highest BCUT2D eigenvalue weighted by atomic mass is 35.5. The highest BCUT2D eigenvalue weighted by Gasteiger charge is 2.22. The summed E-state index contributed by atoms with van der Waals surface area (Å²) in [6.45, 7) is 3.25. The van der Waals surface area contributed by atoms with E-state index in [1.165, 1.54) is 0 Å². The van der Waals surface area contributed by atoms with Crippen LogP contribution in [0, 0.1) is 0 Å². The lowest BCUT2D eigenvalue weighted by molar-refractivity contribution is 0.142. The third-order valence-corrected chi connectivity index (χ3v) is 5.23. The van der Waals surface area contributed by atoms with E-state index in [-0.39, 0.29) is 11.6 Å². The van der Waals surface area contributed by atoms with Gasteiger partial charge in [-0.15, -0.1) is 0 Å². The molecule has 3 aromatic rings. The number of amides is 2. The van der Waals surface area contributed by atoms with Gasteiger partial charge < -0.3 is 15.2 Å². The van der Waals surface area contributed by atoms with E-state index in [0.717, 1.165) is 35.2 Å². The van der Waals surface area contributed by atoms with Crippen molar-refractivity contribution >= 4 is 34.2 Å². The molecule has 0 saturated carbocycles. The average Bonchev–Trinajstić information content (AvgIpc) is 2.71. The van der Waals surface area contributed by atoms with Gasteiger partial charge in [-0.1, -0.05) is 29.8 Å². The van der Waals surface area contributed by atoms with Gasteiger partial charge in [0, 0.05) is 54.5 Å². The van der Waals surface area contributed by atoms with Crippen molar-refractivity contribution in [1.82, 2.24) is 14.8 Å². The first-order chi connectivity index (χ1) is 13.6. The van der Waals surface area contributed by atoms with Crippen molar-refractivity contribution < 1.29 is 4.79 Å². The number of pyridine rings is 1. The minimum Gasteiger partial charge on any atom is -0.322 e. The Kier molecular flexibility index (Phi) is 5.32. The number of rotatable bonds is 3. The number of nitrogens with one attached hydrogen (secondary N) is 2. The van der Waals surface area contributed by atoms with Gasteiger partial charge in [0.1, 0.15) is 0 Å². The number of H-pyrrole nitrogens is 1. The Labute approximate surface area is 167 Å². The summed E-state index contributed by atoms with van der Waals surface area (Å²) < 4.78 is 0. The molecule has 2 aromatic carbocycles. The van der Waals surface area contributed by atoms with Gasteiger partial charge in [0.2, 0.25) is 0 Å². The Balaban J connectivity index is 1.35. The summed E-state index contributed by atoms with van der Waals surface area (Å²) in [6.07, 6.45) is 0. The van der Waals surface area contributed by atoms with Crippen LogP contribution in [-0.4, -0.2) is 47.0 Å². The van der Waals surface area contributed by atoms with E-state index >= 15 is 0 Å². The van der Waals surface area contributed by atoms with Crippen LogP contribution in [0.15, 0.2) is 59.4 Å². The molecule has 1 fully saturated rings. The molecule has 0 radical (unpaired) electrons. The number of para-hydroxylation sites is 1. The Bertz CT molecular complexity index is 1040. The number of benzene rings is 2. The Morgan fingerprint density at radius 2 is 1.75 bits per heavy atom. The Morgan fingerprint density at radius 3 is 2.50 bits per heavy atom. The minimum absolute atomic E-state index is 0.0541. The molecule has 28 heavy (non-hydrogen) atoms. The number of anilines is 1. The van der Waals surface area contributed by atoms with Crippen LogP contribution in [-0.2, 0) is 6.54 Å². The van der Waals surface area contributed by atoms with Gasteiger partial charge in [0.25, 0.3) is 5.56 Å². The van der Waals surface area contributed by atoms with Crippen LogP contribution >= 0.6 is 11.6 Å². The topological polar surface area (TPSA) is 68.4 Å². The molecule has 144 valence electrons. The molecule has 1 aliphatic rings. The molecule has 2 amide bonds. The normalized spacial score (nSPS) is 15.0. The van der Waals surface area contributed by atoms with Crippen molar-refractivity contribution in [3.05, 3.63) is 75.5 Å². The largest absolute Gasteiger partial charge is 0.322 e. The molecule has 2 heterocycles. The lowest BCUT2D eigenvalue weighted by Gasteiger charge is -2.34. The van der Waals surface area contributed by atoms with Gasteiger partial charge in [0.05, 0.1) is 0 Å². The number of hydrogen-bond acceptors (Lipinski definition) is 3. The first kappa shape index (κ1) is 18.5. The highest BCUT2D eigenvalue weighted by molar-refractivity contribution is 6.30. The molecule has 1 aromatic heterocycles. The van der Waals surface area contributed by atoms with E-state index in [9.17, 15) is 9.59 Å². The zero-order valence-electron chi connectivity index (χ0n) is 15.3. The summed E-state index contributed by atoms with van der Waals surface area (Å²) in [5.74, 6) is 0. The lowest BCUT2D eigenvalue weighted by atomic mass is 10.1. The molecular weight excluding hydrogens is 376 g/mol. The number of halogens is 1. The van der Waals surface area contributed by atoms with Crippen LogP contribution in [0.25, 0.3) is 10.9 Å². The Hall–Kier alpha value is -2.83. The van der Waals surface area contributed by atoms with Crippen LogP contribution < -0.4 is 10.9 Å². The Morgan fingerprint density at radius 1 is 1.04 bits per heavy atom. The SMILES string of the molecule is O=C(Nc1ccc(Cl)cc1)N1CCN(Cc2cc3ccccc3[nH]c2=O)CC1. The molecule has 0 unspecified atom stereocenters. The smallest absolute Gasteiger partial charge is 0.321 e. The fraction of sp³-hybridized carbons (Fsp3) is 0.238. The number of carbonyl (C=O) groups is 1. The van der Waals surface area contributed by atoms with Gasteiger partial charge in [-0.25, -0.2) is 4.79 Å². The number of nitrogens with zero attached hydrogens (tertiary/aromatic N) is 2. The number of hydrogen-bond donors (Lipinski definition) is 2. The molecule has 4 rings (SSSR count). The molecule has 1 aliphatic heterocycles. The molecular formula is C21H21ClN4O2. The number of carbonyl (C=O) groups excluding carboxylic acids is 1. The van der Waals surface area contributed by atoms with E-state index in [4.69, 9.17) is 11.6 Å². The maximum atomic E-state index is 12.4. The summed E-state index contributed by atoms with van der Waals surface area (Å²) in [4.78, 5) is 31.7. The third-order valence-electron chi connectivity index (χ3n) is 4.98. The molecule has 7 heteroatoms. The van der Waals surface area contributed by atoms with Crippen molar-refractivity contribution in [2.45, 2.75) is 6.54 Å². The third kappa shape index (κ3) is 4.18. The average molecular weight is 397 g/mol. The summed E-state index contributed by atoms with van der Waals surface area (Å²) in [5, 5.41) is 4.55. The lowest BCUT2D eigenvalue weighted by Crippen LogP contribution is -2.49. The van der Waals surface area contributed by atoms with Crippen LogP contribution in [0.5, 0.6) is 0 Å². The molecule has 0 bridgehead atoms. The van der Waals surface area contributed by atoms with Crippen molar-refractivity contribution in [2.75, 3.05) is 31.5 Å². The second kappa shape index (κ2) is 8.04. The monoisotopic (exact) mass is 396 g/mol. The van der Waals surface area contributed by atoms with E-state index in [0.29, 0.717) is 24.7 Å². The molecule has 6 nitrogen and oxygen atoms in total. The van der Waals surface area contributed by atoms with Crippen molar-refractivity contribution in [3.8, 4) is 0 Å². The van der Waals surface area contributed by atoms with Crippen LogP contribution in [0.1, 0.15) is 5.56 Å². The first-order valence-electron chi connectivity index (χ1n) is 9.23. The highest BCUT2D eigenvalue weighted by Crippen LogP contribution is 2.15. The predicted octanol–water partition coefficient (Wildman–Crippen LogP) is 3.53. The summed E-state index contributed by atoms with van der Waals surface area (Å²) in [6, 6.07) is 16.7. The van der Waals surface area contributed by atoms with Gasteiger partial charge in [-0.05, 0) is 41.8 Å². The molecule has 1 saturated heterocycles. The molecule has 0 aliphatic carbocycles. The molecule has 0 spiro atoms. The van der Waals surface area contributed by atoms with Crippen molar-refractivity contribution in [2.24, 2.45) is 0 Å². The fourth-order valence-electron chi connectivity index (χ4n) is 3.40. The maximum Gasteiger partial charge on any atom is 0.321 e. The summed E-state index contributed by atoms with van der Waals surface area (Å²) in [7, 11) is 0. The predicted molar refractivity (Wildman–Crippen MR) is 112 cm³/mol. The van der Waals surface area contributed by atoms with E-state index in [2.05, 4.69) is 15.2 Å².